The average Bonchev–Trinajstić information content (AvgIpc) is 2.89. The summed E-state index contributed by atoms with van der Waals surface area (Å²) in [7, 11) is 0. The molecule has 2 unspecified atom stereocenters. The number of hydrogen-bond acceptors (Lipinski definition) is 4. The number of carbonyl (C=O) groups excluding carboxylic acids is 1. The molecule has 3 rings (SSSR count). The number of fused-ring (bicyclic) bond motifs is 1. The number of ether oxygens (including phenoxy) is 2. The third kappa shape index (κ3) is 3.14. The number of amides is 1. The predicted molar refractivity (Wildman–Crippen MR) is 82.1 cm³/mol. The van der Waals surface area contributed by atoms with Crippen molar-refractivity contribution in [2.45, 2.75) is 25.7 Å². The Bertz CT molecular complexity index is 658. The molecule has 2 aromatic rings. The smallest absolute Gasteiger partial charge is 0.265 e. The Balaban J connectivity index is 1.65. The molecule has 21 heavy (non-hydrogen) atoms. The number of halogens is 1. The molecule has 2 atom stereocenters. The van der Waals surface area contributed by atoms with Crippen LogP contribution in [0.15, 0.2) is 36.4 Å². The molecule has 0 fully saturated rings. The minimum absolute atomic E-state index is 0.193. The zero-order chi connectivity index (χ0) is 14.8. The molecule has 1 N–H and O–H groups in total. The van der Waals surface area contributed by atoms with Crippen molar-refractivity contribution in [3.8, 4) is 11.5 Å². The maximum absolute atomic E-state index is 12.3. The molecule has 1 aromatic carbocycles. The zero-order valence-corrected chi connectivity index (χ0v) is 12.9. The molecular weight excluding hydrogens is 310 g/mol. The Morgan fingerprint density at radius 3 is 2.62 bits per heavy atom. The fraction of sp³-hybridized carbons (Fsp3) is 0.267. The van der Waals surface area contributed by atoms with Gasteiger partial charge in [0.05, 0.1) is 10.9 Å². The highest BCUT2D eigenvalue weighted by molar-refractivity contribution is 7.16. The molecule has 0 spiro atoms. The molecule has 1 aliphatic heterocycles. The number of para-hydroxylation sites is 2. The van der Waals surface area contributed by atoms with Crippen LogP contribution in [0.2, 0.25) is 4.34 Å². The summed E-state index contributed by atoms with van der Waals surface area (Å²) in [4.78, 5) is 13.3. The minimum Gasteiger partial charge on any atom is -0.482 e. The van der Waals surface area contributed by atoms with Gasteiger partial charge in [0.2, 0.25) is 6.10 Å². The van der Waals surface area contributed by atoms with Gasteiger partial charge in [-0.25, -0.2) is 0 Å². The summed E-state index contributed by atoms with van der Waals surface area (Å²) in [6.07, 6.45) is -0.998. The van der Waals surface area contributed by atoms with Gasteiger partial charge in [0, 0.05) is 4.88 Å². The van der Waals surface area contributed by atoms with E-state index >= 15 is 0 Å². The number of nitrogens with one attached hydrogen (secondary N) is 1. The van der Waals surface area contributed by atoms with Gasteiger partial charge in [-0.1, -0.05) is 23.7 Å². The van der Waals surface area contributed by atoms with Crippen LogP contribution in [-0.4, -0.2) is 18.1 Å². The van der Waals surface area contributed by atoms with Crippen LogP contribution in [0.5, 0.6) is 11.5 Å². The quantitative estimate of drug-likeness (QED) is 0.943. The number of carbonyl (C=O) groups is 1. The fourth-order valence-electron chi connectivity index (χ4n) is 2.13. The largest absolute Gasteiger partial charge is 0.482 e. The van der Waals surface area contributed by atoms with Gasteiger partial charge in [-0.3, -0.25) is 4.79 Å². The van der Waals surface area contributed by atoms with Crippen molar-refractivity contribution < 1.29 is 14.3 Å². The van der Waals surface area contributed by atoms with Gasteiger partial charge in [-0.15, -0.1) is 11.3 Å². The van der Waals surface area contributed by atoms with Crippen LogP contribution < -0.4 is 14.8 Å². The van der Waals surface area contributed by atoms with E-state index in [0.29, 0.717) is 22.4 Å². The van der Waals surface area contributed by atoms with E-state index < -0.39 is 6.10 Å². The molecular formula is C15H14ClNO3S. The molecule has 2 heterocycles. The van der Waals surface area contributed by atoms with Crippen molar-refractivity contribution in [1.29, 1.82) is 0 Å². The maximum Gasteiger partial charge on any atom is 0.265 e. The van der Waals surface area contributed by atoms with Gasteiger partial charge < -0.3 is 14.8 Å². The SMILES string of the molecule is CC1Oc2ccccc2OC1C(=O)NCc1ccc(Cl)s1. The first-order valence-corrected chi connectivity index (χ1v) is 7.77. The van der Waals surface area contributed by atoms with E-state index in [2.05, 4.69) is 5.32 Å². The first-order valence-electron chi connectivity index (χ1n) is 6.58. The Morgan fingerprint density at radius 1 is 1.24 bits per heavy atom. The number of benzene rings is 1. The van der Waals surface area contributed by atoms with Crippen molar-refractivity contribution in [2.24, 2.45) is 0 Å². The number of thiophene rings is 1. The molecule has 1 amide bonds. The van der Waals surface area contributed by atoms with Crippen molar-refractivity contribution in [1.82, 2.24) is 5.32 Å². The summed E-state index contributed by atoms with van der Waals surface area (Å²) in [6.45, 7) is 2.26. The summed E-state index contributed by atoms with van der Waals surface area (Å²) in [5.74, 6) is 1.07. The van der Waals surface area contributed by atoms with Gasteiger partial charge in [-0.2, -0.15) is 0 Å². The van der Waals surface area contributed by atoms with Crippen LogP contribution in [0.4, 0.5) is 0 Å². The van der Waals surface area contributed by atoms with Crippen molar-refractivity contribution >= 4 is 28.8 Å². The van der Waals surface area contributed by atoms with Crippen LogP contribution in [0.1, 0.15) is 11.8 Å². The molecule has 110 valence electrons. The second kappa shape index (κ2) is 5.95. The summed E-state index contributed by atoms with van der Waals surface area (Å²) in [6, 6.07) is 11.0. The van der Waals surface area contributed by atoms with Crippen LogP contribution in [0, 0.1) is 0 Å². The molecule has 0 saturated carbocycles. The van der Waals surface area contributed by atoms with Gasteiger partial charge in [0.25, 0.3) is 5.91 Å². The third-order valence-corrected chi connectivity index (χ3v) is 4.40. The van der Waals surface area contributed by atoms with Gasteiger partial charge in [0.15, 0.2) is 11.5 Å². The van der Waals surface area contributed by atoms with Crippen molar-refractivity contribution in [3.63, 3.8) is 0 Å². The highest BCUT2D eigenvalue weighted by atomic mass is 35.5. The summed E-state index contributed by atoms with van der Waals surface area (Å²) < 4.78 is 12.2. The molecule has 0 aliphatic carbocycles. The second-order valence-electron chi connectivity index (χ2n) is 4.73. The van der Waals surface area contributed by atoms with Crippen molar-refractivity contribution in [3.05, 3.63) is 45.6 Å². The summed E-state index contributed by atoms with van der Waals surface area (Å²) in [5.41, 5.74) is 0. The van der Waals surface area contributed by atoms with E-state index in [-0.39, 0.29) is 12.0 Å². The van der Waals surface area contributed by atoms with Gasteiger partial charge in [-0.05, 0) is 31.2 Å². The van der Waals surface area contributed by atoms with E-state index in [1.165, 1.54) is 11.3 Å². The zero-order valence-electron chi connectivity index (χ0n) is 11.3. The van der Waals surface area contributed by atoms with Crippen molar-refractivity contribution in [2.75, 3.05) is 0 Å². The topological polar surface area (TPSA) is 47.6 Å². The monoisotopic (exact) mass is 323 g/mol. The normalized spacial score (nSPS) is 20.1. The lowest BCUT2D eigenvalue weighted by Gasteiger charge is -2.30. The standard InChI is InChI=1S/C15H14ClNO3S/c1-9-14(20-12-5-3-2-4-11(12)19-9)15(18)17-8-10-6-7-13(16)21-10/h2-7,9,14H,8H2,1H3,(H,17,18). The lowest BCUT2D eigenvalue weighted by atomic mass is 10.1. The van der Waals surface area contributed by atoms with E-state index in [1.807, 2.05) is 37.3 Å². The van der Waals surface area contributed by atoms with Gasteiger partial charge >= 0.3 is 0 Å². The van der Waals surface area contributed by atoms with Crippen LogP contribution in [-0.2, 0) is 11.3 Å². The number of hydrogen-bond donors (Lipinski definition) is 1. The predicted octanol–water partition coefficient (Wildman–Crippen LogP) is 3.25. The Morgan fingerprint density at radius 2 is 1.95 bits per heavy atom. The molecule has 0 bridgehead atoms. The number of rotatable bonds is 3. The van der Waals surface area contributed by atoms with Gasteiger partial charge in [0.1, 0.15) is 6.10 Å². The molecule has 0 saturated heterocycles. The Hall–Kier alpha value is -1.72. The van der Waals surface area contributed by atoms with Crippen LogP contribution in [0.25, 0.3) is 0 Å². The molecule has 0 radical (unpaired) electrons. The van der Waals surface area contributed by atoms with E-state index in [4.69, 9.17) is 21.1 Å². The molecule has 1 aromatic heterocycles. The van der Waals surface area contributed by atoms with E-state index in [0.717, 1.165) is 4.88 Å². The summed E-state index contributed by atoms with van der Waals surface area (Å²) >= 11 is 7.31. The Kier molecular flexibility index (Phi) is 4.03. The van der Waals surface area contributed by atoms with Crippen LogP contribution in [0.3, 0.4) is 0 Å². The lowest BCUT2D eigenvalue weighted by Crippen LogP contribution is -2.48. The van der Waals surface area contributed by atoms with E-state index in [9.17, 15) is 4.79 Å². The third-order valence-electron chi connectivity index (χ3n) is 3.17. The maximum atomic E-state index is 12.3. The molecule has 4 nitrogen and oxygen atoms in total. The highest BCUT2D eigenvalue weighted by Crippen LogP contribution is 2.33. The van der Waals surface area contributed by atoms with Crippen LogP contribution >= 0.6 is 22.9 Å². The highest BCUT2D eigenvalue weighted by Gasteiger charge is 2.33. The first kappa shape index (κ1) is 14.2. The van der Waals surface area contributed by atoms with E-state index in [1.54, 1.807) is 6.07 Å². The fourth-order valence-corrected chi connectivity index (χ4v) is 3.16. The molecule has 6 heteroatoms. The lowest BCUT2D eigenvalue weighted by molar-refractivity contribution is -0.133. The first-order chi connectivity index (χ1) is 10.1. The summed E-state index contributed by atoms with van der Waals surface area (Å²) in [5, 5.41) is 2.85. The second-order valence-corrected chi connectivity index (χ2v) is 6.53. The molecule has 1 aliphatic rings. The minimum atomic E-state index is -0.657. The Labute approximate surface area is 131 Å². The average molecular weight is 324 g/mol.